The van der Waals surface area contributed by atoms with E-state index in [2.05, 4.69) is 29.2 Å². The molecule has 0 spiro atoms. The third-order valence-electron chi connectivity index (χ3n) is 6.23. The molecule has 3 rings (SSSR count). The third-order valence-corrected chi connectivity index (χ3v) is 6.23. The van der Waals surface area contributed by atoms with Gasteiger partial charge in [-0.25, -0.2) is 4.90 Å². The predicted molar refractivity (Wildman–Crippen MR) is 114 cm³/mol. The van der Waals surface area contributed by atoms with Crippen LogP contribution in [0.25, 0.3) is 0 Å². The van der Waals surface area contributed by atoms with Gasteiger partial charge in [-0.05, 0) is 69.9 Å². The van der Waals surface area contributed by atoms with Crippen LogP contribution in [0.15, 0.2) is 30.3 Å². The molecule has 1 atom stereocenters. The van der Waals surface area contributed by atoms with E-state index in [4.69, 9.17) is 14.2 Å². The maximum absolute atomic E-state index is 6.70. The van der Waals surface area contributed by atoms with Crippen molar-refractivity contribution in [1.29, 1.82) is 0 Å². The van der Waals surface area contributed by atoms with Crippen LogP contribution in [0.1, 0.15) is 77.0 Å². The number of rotatable bonds is 11. The van der Waals surface area contributed by atoms with E-state index < -0.39 is 0 Å². The van der Waals surface area contributed by atoms with Gasteiger partial charge < -0.3 is 14.2 Å². The van der Waals surface area contributed by atoms with Crippen molar-refractivity contribution in [3.63, 3.8) is 0 Å². The zero-order chi connectivity index (χ0) is 19.5. The number of hydrogen-bond acceptors (Lipinski definition) is 4. The summed E-state index contributed by atoms with van der Waals surface area (Å²) in [7, 11) is 1.78. The van der Waals surface area contributed by atoms with Gasteiger partial charge in [0.25, 0.3) is 0 Å². The Hall–Kier alpha value is -1.10. The largest absolute Gasteiger partial charge is 0.475 e. The third kappa shape index (κ3) is 6.20. The first-order valence-electron chi connectivity index (χ1n) is 11.5. The van der Waals surface area contributed by atoms with Gasteiger partial charge in [-0.15, -0.1) is 0 Å². The summed E-state index contributed by atoms with van der Waals surface area (Å²) in [5.41, 5.74) is -0.120. The maximum atomic E-state index is 6.70. The van der Waals surface area contributed by atoms with Crippen molar-refractivity contribution in [2.75, 3.05) is 26.9 Å². The molecule has 1 heterocycles. The quantitative estimate of drug-likeness (QED) is 0.450. The van der Waals surface area contributed by atoms with Crippen molar-refractivity contribution in [3.8, 4) is 5.75 Å². The lowest BCUT2D eigenvalue weighted by Crippen LogP contribution is -2.59. The van der Waals surface area contributed by atoms with Gasteiger partial charge in [0, 0.05) is 26.9 Å². The molecule has 0 amide bonds. The molecule has 1 aromatic carbocycles. The van der Waals surface area contributed by atoms with Gasteiger partial charge in [0.1, 0.15) is 11.5 Å². The van der Waals surface area contributed by atoms with E-state index in [9.17, 15) is 0 Å². The molecule has 2 fully saturated rings. The molecule has 158 valence electrons. The molecular formula is C24H39NO3. The lowest BCUT2D eigenvalue weighted by molar-refractivity contribution is -0.225. The van der Waals surface area contributed by atoms with Crippen LogP contribution in [0, 0.1) is 0 Å². The highest BCUT2D eigenvalue weighted by Gasteiger charge is 2.44. The van der Waals surface area contributed by atoms with Gasteiger partial charge in [-0.3, -0.25) is 0 Å². The summed E-state index contributed by atoms with van der Waals surface area (Å²) in [6.45, 7) is 2.82. The number of hydrogen-bond donors (Lipinski definition) is 0. The van der Waals surface area contributed by atoms with Gasteiger partial charge in [0.2, 0.25) is 0 Å². The first-order valence-corrected chi connectivity index (χ1v) is 11.5. The molecule has 0 radical (unpaired) electrons. The standard InChI is InChI=1S/C24H39NO3/c1-26-20-12-2-3-13-21-27-24(17-9-5-10-18-24)25-19-11-8-16-23(25)28-22-14-6-4-7-15-22/h4,6-7,14-15,23H,2-3,5,8-13,16-21H2,1H3. The zero-order valence-corrected chi connectivity index (χ0v) is 17.7. The second-order valence-corrected chi connectivity index (χ2v) is 8.34. The molecule has 0 aromatic heterocycles. The van der Waals surface area contributed by atoms with Gasteiger partial charge in [-0.2, -0.15) is 0 Å². The van der Waals surface area contributed by atoms with E-state index in [0.29, 0.717) is 0 Å². The van der Waals surface area contributed by atoms with E-state index in [1.165, 1.54) is 44.9 Å². The zero-order valence-electron chi connectivity index (χ0n) is 17.7. The molecule has 4 heteroatoms. The molecule has 0 bridgehead atoms. The van der Waals surface area contributed by atoms with Crippen LogP contribution in [0.3, 0.4) is 0 Å². The van der Waals surface area contributed by atoms with Crippen molar-refractivity contribution in [2.24, 2.45) is 0 Å². The molecule has 1 aliphatic carbocycles. The summed E-state index contributed by atoms with van der Waals surface area (Å²) in [5, 5.41) is 0. The monoisotopic (exact) mass is 389 g/mol. The Bertz CT molecular complexity index is 530. The number of unbranched alkanes of at least 4 members (excludes halogenated alkanes) is 3. The molecule has 1 saturated carbocycles. The van der Waals surface area contributed by atoms with E-state index in [1.807, 2.05) is 6.07 Å². The molecule has 1 unspecified atom stereocenters. The Kier molecular flexibility index (Phi) is 9.10. The number of piperidine rings is 1. The number of para-hydroxylation sites is 1. The minimum atomic E-state index is -0.120. The van der Waals surface area contributed by atoms with Gasteiger partial charge >= 0.3 is 0 Å². The Labute approximate surface area is 171 Å². The summed E-state index contributed by atoms with van der Waals surface area (Å²) in [5.74, 6) is 0.975. The highest BCUT2D eigenvalue weighted by molar-refractivity contribution is 5.21. The first kappa shape index (κ1) is 21.6. The predicted octanol–water partition coefficient (Wildman–Crippen LogP) is 5.76. The SMILES string of the molecule is COCCCCCCOC1(N2CCCCC2Oc2ccccc2)CCCCC1. The topological polar surface area (TPSA) is 30.9 Å². The number of methoxy groups -OCH3 is 1. The highest BCUT2D eigenvalue weighted by atomic mass is 16.5. The molecule has 1 aromatic rings. The van der Waals surface area contributed by atoms with Crippen LogP contribution >= 0.6 is 0 Å². The molecule has 28 heavy (non-hydrogen) atoms. The first-order chi connectivity index (χ1) is 13.8. The normalized spacial score (nSPS) is 22.8. The fraction of sp³-hybridized carbons (Fsp3) is 0.750. The van der Waals surface area contributed by atoms with Crippen LogP contribution in [0.4, 0.5) is 0 Å². The lowest BCUT2D eigenvalue weighted by Gasteiger charge is -2.50. The molecular weight excluding hydrogens is 350 g/mol. The summed E-state index contributed by atoms with van der Waals surface area (Å²) in [6.07, 6.45) is 14.6. The number of nitrogens with zero attached hydrogens (tertiary/aromatic N) is 1. The van der Waals surface area contributed by atoms with E-state index in [1.54, 1.807) is 7.11 Å². The van der Waals surface area contributed by atoms with E-state index in [-0.39, 0.29) is 12.0 Å². The van der Waals surface area contributed by atoms with E-state index in [0.717, 1.165) is 57.6 Å². The van der Waals surface area contributed by atoms with Crippen LogP contribution in [-0.4, -0.2) is 43.7 Å². The Morgan fingerprint density at radius 1 is 0.893 bits per heavy atom. The van der Waals surface area contributed by atoms with Crippen molar-refractivity contribution < 1.29 is 14.2 Å². The summed E-state index contributed by atoms with van der Waals surface area (Å²) in [4.78, 5) is 2.58. The van der Waals surface area contributed by atoms with Crippen molar-refractivity contribution in [3.05, 3.63) is 30.3 Å². The molecule has 1 aliphatic heterocycles. The lowest BCUT2D eigenvalue weighted by atomic mass is 9.88. The van der Waals surface area contributed by atoms with Gasteiger partial charge in [0.05, 0.1) is 0 Å². The Morgan fingerprint density at radius 2 is 1.64 bits per heavy atom. The Balaban J connectivity index is 1.59. The highest BCUT2D eigenvalue weighted by Crippen LogP contribution is 2.39. The second-order valence-electron chi connectivity index (χ2n) is 8.34. The average molecular weight is 390 g/mol. The van der Waals surface area contributed by atoms with Gasteiger partial charge in [-0.1, -0.05) is 37.5 Å². The summed E-state index contributed by atoms with van der Waals surface area (Å²) < 4.78 is 18.3. The number of ether oxygens (including phenoxy) is 3. The number of benzene rings is 1. The maximum Gasteiger partial charge on any atom is 0.154 e. The second kappa shape index (κ2) is 11.8. The summed E-state index contributed by atoms with van der Waals surface area (Å²) in [6, 6.07) is 10.3. The number of likely N-dealkylation sites (tertiary alicyclic amines) is 1. The van der Waals surface area contributed by atoms with E-state index >= 15 is 0 Å². The molecule has 2 aliphatic rings. The Morgan fingerprint density at radius 3 is 2.39 bits per heavy atom. The minimum Gasteiger partial charge on any atom is -0.475 e. The van der Waals surface area contributed by atoms with Crippen LogP contribution in [0.2, 0.25) is 0 Å². The van der Waals surface area contributed by atoms with Crippen molar-refractivity contribution in [1.82, 2.24) is 4.90 Å². The van der Waals surface area contributed by atoms with Crippen LogP contribution in [0.5, 0.6) is 5.75 Å². The van der Waals surface area contributed by atoms with Gasteiger partial charge in [0.15, 0.2) is 6.23 Å². The fourth-order valence-corrected chi connectivity index (χ4v) is 4.73. The minimum absolute atomic E-state index is 0.120. The molecule has 4 nitrogen and oxygen atoms in total. The van der Waals surface area contributed by atoms with Crippen molar-refractivity contribution >= 4 is 0 Å². The van der Waals surface area contributed by atoms with Crippen LogP contribution < -0.4 is 4.74 Å². The fourth-order valence-electron chi connectivity index (χ4n) is 4.73. The molecule has 1 saturated heterocycles. The molecule has 0 N–H and O–H groups in total. The van der Waals surface area contributed by atoms with Crippen LogP contribution in [-0.2, 0) is 9.47 Å². The summed E-state index contributed by atoms with van der Waals surface area (Å²) >= 11 is 0. The van der Waals surface area contributed by atoms with Crippen molar-refractivity contribution in [2.45, 2.75) is 89.0 Å². The smallest absolute Gasteiger partial charge is 0.154 e. The average Bonchev–Trinajstić information content (AvgIpc) is 2.75.